The predicted molar refractivity (Wildman–Crippen MR) is 91.5 cm³/mol. The smallest absolute Gasteiger partial charge is 0.255 e. The van der Waals surface area contributed by atoms with Crippen LogP contribution < -0.4 is 10.2 Å². The van der Waals surface area contributed by atoms with Crippen LogP contribution in [0.4, 0.5) is 11.4 Å². The minimum atomic E-state index is -0.0666. The van der Waals surface area contributed by atoms with Crippen LogP contribution in [0.25, 0.3) is 0 Å². The Bertz CT molecular complexity index is 599. The third kappa shape index (κ3) is 3.67. The first-order valence-corrected chi connectivity index (χ1v) is 8.04. The van der Waals surface area contributed by atoms with Crippen molar-refractivity contribution in [3.63, 3.8) is 0 Å². The van der Waals surface area contributed by atoms with E-state index in [1.807, 2.05) is 42.5 Å². The minimum absolute atomic E-state index is 0.0666. The first kappa shape index (κ1) is 14.6. The van der Waals surface area contributed by atoms with E-state index in [0.717, 1.165) is 18.8 Å². The van der Waals surface area contributed by atoms with Crippen LogP contribution in [0.1, 0.15) is 36.0 Å². The van der Waals surface area contributed by atoms with Crippen molar-refractivity contribution in [2.75, 3.05) is 23.3 Å². The predicted octanol–water partition coefficient (Wildman–Crippen LogP) is 4.32. The van der Waals surface area contributed by atoms with Crippen molar-refractivity contribution < 1.29 is 4.79 Å². The molecule has 1 N–H and O–H groups in total. The Morgan fingerprint density at radius 1 is 0.818 bits per heavy atom. The van der Waals surface area contributed by atoms with Gasteiger partial charge in [0.1, 0.15) is 0 Å². The summed E-state index contributed by atoms with van der Waals surface area (Å²) in [5.41, 5.74) is 2.77. The molecule has 22 heavy (non-hydrogen) atoms. The number of amides is 1. The number of hydrogen-bond acceptors (Lipinski definition) is 2. The van der Waals surface area contributed by atoms with Crippen LogP contribution in [0.5, 0.6) is 0 Å². The maximum Gasteiger partial charge on any atom is 0.255 e. The minimum Gasteiger partial charge on any atom is -0.372 e. The summed E-state index contributed by atoms with van der Waals surface area (Å²) in [6.45, 7) is 2.27. The molecule has 2 aromatic rings. The topological polar surface area (TPSA) is 32.3 Å². The number of carbonyl (C=O) groups is 1. The fourth-order valence-corrected chi connectivity index (χ4v) is 2.88. The lowest BCUT2D eigenvalue weighted by Gasteiger charge is -2.22. The van der Waals surface area contributed by atoms with Gasteiger partial charge in [-0.2, -0.15) is 0 Å². The molecule has 1 fully saturated rings. The molecule has 1 saturated heterocycles. The van der Waals surface area contributed by atoms with E-state index >= 15 is 0 Å². The lowest BCUT2D eigenvalue weighted by molar-refractivity contribution is 0.102. The average Bonchev–Trinajstić information content (AvgIpc) is 2.86. The number of carbonyl (C=O) groups excluding carboxylic acids is 1. The molecule has 1 amide bonds. The number of nitrogens with zero attached hydrogens (tertiary/aromatic N) is 1. The van der Waals surface area contributed by atoms with Gasteiger partial charge in [0.25, 0.3) is 5.91 Å². The summed E-state index contributed by atoms with van der Waals surface area (Å²) >= 11 is 0. The zero-order valence-electron chi connectivity index (χ0n) is 12.8. The molecule has 0 bridgehead atoms. The number of nitrogens with one attached hydrogen (secondary N) is 1. The van der Waals surface area contributed by atoms with Gasteiger partial charge in [0.2, 0.25) is 0 Å². The number of benzene rings is 2. The Morgan fingerprint density at radius 2 is 1.45 bits per heavy atom. The fraction of sp³-hybridized carbons (Fsp3) is 0.316. The Hall–Kier alpha value is -2.29. The standard InChI is InChI=1S/C19H22N2O/c22-19(16-8-4-3-5-9-16)20-17-10-12-18(13-11-17)21-14-6-1-2-7-15-21/h3-5,8-13H,1-2,6-7,14-15H2,(H,20,22). The third-order valence-corrected chi connectivity index (χ3v) is 4.13. The second-order valence-corrected chi connectivity index (χ2v) is 5.77. The van der Waals surface area contributed by atoms with Crippen molar-refractivity contribution in [1.82, 2.24) is 0 Å². The highest BCUT2D eigenvalue weighted by Crippen LogP contribution is 2.21. The summed E-state index contributed by atoms with van der Waals surface area (Å²) in [5.74, 6) is -0.0666. The summed E-state index contributed by atoms with van der Waals surface area (Å²) in [7, 11) is 0. The molecule has 0 spiro atoms. The highest BCUT2D eigenvalue weighted by atomic mass is 16.1. The SMILES string of the molecule is O=C(Nc1ccc(N2CCCCCC2)cc1)c1ccccc1. The van der Waals surface area contributed by atoms with Gasteiger partial charge in [-0.1, -0.05) is 31.0 Å². The van der Waals surface area contributed by atoms with Gasteiger partial charge in [-0.3, -0.25) is 4.79 Å². The molecule has 0 atom stereocenters. The summed E-state index contributed by atoms with van der Waals surface area (Å²) in [6, 6.07) is 17.5. The van der Waals surface area contributed by atoms with E-state index in [2.05, 4.69) is 22.3 Å². The maximum atomic E-state index is 12.1. The van der Waals surface area contributed by atoms with Crippen LogP contribution in [-0.4, -0.2) is 19.0 Å². The molecule has 3 heteroatoms. The molecule has 0 aliphatic carbocycles. The molecule has 0 saturated carbocycles. The van der Waals surface area contributed by atoms with Crippen LogP contribution in [-0.2, 0) is 0 Å². The molecular weight excluding hydrogens is 272 g/mol. The van der Waals surface area contributed by atoms with Gasteiger partial charge in [0, 0.05) is 30.0 Å². The monoisotopic (exact) mass is 294 g/mol. The van der Waals surface area contributed by atoms with Crippen molar-refractivity contribution in [3.8, 4) is 0 Å². The van der Waals surface area contributed by atoms with Crippen LogP contribution in [0.3, 0.4) is 0 Å². The molecule has 2 aromatic carbocycles. The van der Waals surface area contributed by atoms with E-state index in [0.29, 0.717) is 5.56 Å². The van der Waals surface area contributed by atoms with E-state index in [9.17, 15) is 4.79 Å². The molecule has 1 heterocycles. The van der Waals surface area contributed by atoms with E-state index in [1.165, 1.54) is 31.4 Å². The van der Waals surface area contributed by atoms with Crippen molar-refractivity contribution in [2.24, 2.45) is 0 Å². The quantitative estimate of drug-likeness (QED) is 0.914. The molecule has 3 nitrogen and oxygen atoms in total. The first-order valence-electron chi connectivity index (χ1n) is 8.04. The zero-order chi connectivity index (χ0) is 15.2. The lowest BCUT2D eigenvalue weighted by atomic mass is 10.2. The Morgan fingerprint density at radius 3 is 2.09 bits per heavy atom. The van der Waals surface area contributed by atoms with Crippen molar-refractivity contribution in [1.29, 1.82) is 0 Å². The van der Waals surface area contributed by atoms with Crippen LogP contribution in [0.2, 0.25) is 0 Å². The molecular formula is C19H22N2O. The van der Waals surface area contributed by atoms with E-state index in [-0.39, 0.29) is 5.91 Å². The number of hydrogen-bond donors (Lipinski definition) is 1. The molecule has 0 aromatic heterocycles. The molecule has 0 unspecified atom stereocenters. The van der Waals surface area contributed by atoms with Gasteiger partial charge in [-0.15, -0.1) is 0 Å². The van der Waals surface area contributed by atoms with Gasteiger partial charge in [0.05, 0.1) is 0 Å². The normalized spacial score (nSPS) is 15.2. The highest BCUT2D eigenvalue weighted by Gasteiger charge is 2.10. The molecule has 3 rings (SSSR count). The maximum absolute atomic E-state index is 12.1. The van der Waals surface area contributed by atoms with Gasteiger partial charge in [-0.05, 0) is 49.2 Å². The van der Waals surface area contributed by atoms with E-state index in [1.54, 1.807) is 0 Å². The van der Waals surface area contributed by atoms with Crippen molar-refractivity contribution >= 4 is 17.3 Å². The van der Waals surface area contributed by atoms with E-state index < -0.39 is 0 Å². The van der Waals surface area contributed by atoms with Crippen molar-refractivity contribution in [2.45, 2.75) is 25.7 Å². The van der Waals surface area contributed by atoms with Gasteiger partial charge in [-0.25, -0.2) is 0 Å². The Balaban J connectivity index is 1.65. The van der Waals surface area contributed by atoms with Crippen LogP contribution in [0.15, 0.2) is 54.6 Å². The average molecular weight is 294 g/mol. The second-order valence-electron chi connectivity index (χ2n) is 5.77. The lowest BCUT2D eigenvalue weighted by Crippen LogP contribution is -2.23. The fourth-order valence-electron chi connectivity index (χ4n) is 2.88. The zero-order valence-corrected chi connectivity index (χ0v) is 12.8. The van der Waals surface area contributed by atoms with Gasteiger partial charge >= 0.3 is 0 Å². The van der Waals surface area contributed by atoms with Crippen LogP contribution in [0, 0.1) is 0 Å². The van der Waals surface area contributed by atoms with Gasteiger partial charge in [0.15, 0.2) is 0 Å². The number of rotatable bonds is 3. The Labute approximate surface area is 132 Å². The summed E-state index contributed by atoms with van der Waals surface area (Å²) < 4.78 is 0. The van der Waals surface area contributed by atoms with Gasteiger partial charge < -0.3 is 10.2 Å². The first-order chi connectivity index (χ1) is 10.8. The summed E-state index contributed by atoms with van der Waals surface area (Å²) in [6.07, 6.45) is 5.21. The van der Waals surface area contributed by atoms with Crippen molar-refractivity contribution in [3.05, 3.63) is 60.2 Å². The largest absolute Gasteiger partial charge is 0.372 e. The third-order valence-electron chi connectivity index (χ3n) is 4.13. The molecule has 0 radical (unpaired) electrons. The van der Waals surface area contributed by atoms with Crippen LogP contribution >= 0.6 is 0 Å². The van der Waals surface area contributed by atoms with E-state index in [4.69, 9.17) is 0 Å². The molecule has 114 valence electrons. The summed E-state index contributed by atoms with van der Waals surface area (Å²) in [5, 5.41) is 2.94. The summed E-state index contributed by atoms with van der Waals surface area (Å²) in [4.78, 5) is 14.6. The second kappa shape index (κ2) is 7.12. The highest BCUT2D eigenvalue weighted by molar-refractivity contribution is 6.04. The Kier molecular flexibility index (Phi) is 4.74. The molecule has 1 aliphatic heterocycles. The number of anilines is 2. The molecule has 1 aliphatic rings.